The number of benzene rings is 1. The summed E-state index contributed by atoms with van der Waals surface area (Å²) in [6, 6.07) is 7.97. The Balaban J connectivity index is 2.10. The van der Waals surface area contributed by atoms with Gasteiger partial charge in [-0.25, -0.2) is 9.97 Å². The topological polar surface area (TPSA) is 25.8 Å². The standard InChI is InChI=1S/C15H14Cl2N2/c1-8-5-3-4-6-10(8)12-13(16)18-15(19-14(12)17)11-7-9(11)2/h3-6,9,11H,7H2,1-2H3. The molecule has 2 unspecified atom stereocenters. The average Bonchev–Trinajstić information content (AvgIpc) is 3.08. The van der Waals surface area contributed by atoms with Gasteiger partial charge in [-0.15, -0.1) is 0 Å². The van der Waals surface area contributed by atoms with Gasteiger partial charge in [-0.2, -0.15) is 0 Å². The van der Waals surface area contributed by atoms with E-state index < -0.39 is 0 Å². The van der Waals surface area contributed by atoms with Crippen LogP contribution in [0.15, 0.2) is 24.3 Å². The van der Waals surface area contributed by atoms with Gasteiger partial charge >= 0.3 is 0 Å². The van der Waals surface area contributed by atoms with E-state index in [-0.39, 0.29) is 0 Å². The molecule has 0 bridgehead atoms. The lowest BCUT2D eigenvalue weighted by Crippen LogP contribution is -1.98. The molecule has 1 aliphatic rings. The molecule has 2 aromatic rings. The van der Waals surface area contributed by atoms with E-state index in [1.807, 2.05) is 31.2 Å². The molecular formula is C15H14Cl2N2. The van der Waals surface area contributed by atoms with E-state index in [1.165, 1.54) is 0 Å². The van der Waals surface area contributed by atoms with E-state index in [4.69, 9.17) is 23.2 Å². The Morgan fingerprint density at radius 2 is 1.68 bits per heavy atom. The van der Waals surface area contributed by atoms with Gasteiger partial charge < -0.3 is 0 Å². The molecule has 98 valence electrons. The molecule has 1 aliphatic carbocycles. The quantitative estimate of drug-likeness (QED) is 0.737. The van der Waals surface area contributed by atoms with E-state index in [0.717, 1.165) is 28.9 Å². The summed E-state index contributed by atoms with van der Waals surface area (Å²) in [5.41, 5.74) is 2.84. The highest BCUT2D eigenvalue weighted by molar-refractivity contribution is 6.37. The molecule has 1 fully saturated rings. The normalized spacial score (nSPS) is 21.5. The summed E-state index contributed by atoms with van der Waals surface area (Å²) < 4.78 is 0. The van der Waals surface area contributed by atoms with Crippen molar-refractivity contribution in [3.05, 3.63) is 46.0 Å². The maximum absolute atomic E-state index is 6.33. The fraction of sp³-hybridized carbons (Fsp3) is 0.333. The smallest absolute Gasteiger partial charge is 0.142 e. The third-order valence-electron chi connectivity index (χ3n) is 3.69. The van der Waals surface area contributed by atoms with Gasteiger partial charge in [-0.05, 0) is 30.4 Å². The first-order chi connectivity index (χ1) is 9.08. The van der Waals surface area contributed by atoms with Crippen LogP contribution in [0.2, 0.25) is 10.3 Å². The summed E-state index contributed by atoms with van der Waals surface area (Å²) in [5.74, 6) is 1.83. The summed E-state index contributed by atoms with van der Waals surface area (Å²) >= 11 is 12.7. The van der Waals surface area contributed by atoms with Gasteiger partial charge in [0, 0.05) is 5.92 Å². The zero-order valence-electron chi connectivity index (χ0n) is 10.8. The van der Waals surface area contributed by atoms with Crippen LogP contribution < -0.4 is 0 Å². The molecule has 0 spiro atoms. The van der Waals surface area contributed by atoms with Gasteiger partial charge in [-0.1, -0.05) is 54.4 Å². The van der Waals surface area contributed by atoms with Crippen molar-refractivity contribution in [2.75, 3.05) is 0 Å². The number of halogens is 2. The predicted molar refractivity (Wildman–Crippen MR) is 78.7 cm³/mol. The molecule has 0 saturated heterocycles. The van der Waals surface area contributed by atoms with Crippen LogP contribution in [0.1, 0.15) is 30.7 Å². The minimum atomic E-state index is 0.418. The Labute approximate surface area is 122 Å². The lowest BCUT2D eigenvalue weighted by molar-refractivity contribution is 0.843. The van der Waals surface area contributed by atoms with Crippen LogP contribution in [-0.2, 0) is 0 Å². The Hall–Kier alpha value is -1.12. The van der Waals surface area contributed by atoms with E-state index in [9.17, 15) is 0 Å². The maximum atomic E-state index is 6.33. The highest BCUT2D eigenvalue weighted by Gasteiger charge is 2.37. The van der Waals surface area contributed by atoms with Crippen molar-refractivity contribution in [1.82, 2.24) is 9.97 Å². The van der Waals surface area contributed by atoms with Crippen LogP contribution in [-0.4, -0.2) is 9.97 Å². The summed E-state index contributed by atoms with van der Waals surface area (Å²) in [4.78, 5) is 8.87. The van der Waals surface area contributed by atoms with E-state index in [2.05, 4.69) is 16.9 Å². The van der Waals surface area contributed by atoms with Crippen LogP contribution in [0.25, 0.3) is 11.1 Å². The Morgan fingerprint density at radius 3 is 2.21 bits per heavy atom. The molecule has 0 radical (unpaired) electrons. The third kappa shape index (κ3) is 2.35. The van der Waals surface area contributed by atoms with E-state index >= 15 is 0 Å². The molecule has 0 N–H and O–H groups in total. The fourth-order valence-corrected chi connectivity index (χ4v) is 2.95. The van der Waals surface area contributed by atoms with Crippen LogP contribution in [0.3, 0.4) is 0 Å². The van der Waals surface area contributed by atoms with E-state index in [1.54, 1.807) is 0 Å². The molecule has 2 nitrogen and oxygen atoms in total. The van der Waals surface area contributed by atoms with Crippen molar-refractivity contribution >= 4 is 23.2 Å². The van der Waals surface area contributed by atoms with Gasteiger partial charge in [0.1, 0.15) is 16.1 Å². The van der Waals surface area contributed by atoms with Gasteiger partial charge in [0.15, 0.2) is 0 Å². The van der Waals surface area contributed by atoms with Crippen LogP contribution in [0, 0.1) is 12.8 Å². The van der Waals surface area contributed by atoms with Crippen LogP contribution >= 0.6 is 23.2 Å². The fourth-order valence-electron chi connectivity index (χ4n) is 2.35. The summed E-state index contributed by atoms with van der Waals surface area (Å²) in [6.45, 7) is 4.21. The van der Waals surface area contributed by atoms with Crippen molar-refractivity contribution in [2.24, 2.45) is 5.92 Å². The molecule has 0 amide bonds. The molecule has 19 heavy (non-hydrogen) atoms. The minimum Gasteiger partial charge on any atom is -0.220 e. The number of aromatic nitrogens is 2. The van der Waals surface area contributed by atoms with Crippen molar-refractivity contribution in [2.45, 2.75) is 26.2 Å². The van der Waals surface area contributed by atoms with Crippen molar-refractivity contribution < 1.29 is 0 Å². The SMILES string of the molecule is Cc1ccccc1-c1c(Cl)nc(C2CC2C)nc1Cl. The molecule has 0 aliphatic heterocycles. The minimum absolute atomic E-state index is 0.418. The number of hydrogen-bond acceptors (Lipinski definition) is 2. The molecule has 1 aromatic carbocycles. The molecule has 4 heteroatoms. The third-order valence-corrected chi connectivity index (χ3v) is 4.24. The first-order valence-electron chi connectivity index (χ1n) is 6.37. The number of rotatable bonds is 2. The van der Waals surface area contributed by atoms with Gasteiger partial charge in [0.05, 0.1) is 5.56 Å². The summed E-state index contributed by atoms with van der Waals surface area (Å²) in [6.07, 6.45) is 1.12. The van der Waals surface area contributed by atoms with Crippen molar-refractivity contribution in [3.63, 3.8) is 0 Å². The van der Waals surface area contributed by atoms with Gasteiger partial charge in [0.2, 0.25) is 0 Å². The van der Waals surface area contributed by atoms with E-state index in [0.29, 0.717) is 22.1 Å². The summed E-state index contributed by atoms with van der Waals surface area (Å²) in [5, 5.41) is 0.895. The average molecular weight is 293 g/mol. The largest absolute Gasteiger partial charge is 0.220 e. The highest BCUT2D eigenvalue weighted by atomic mass is 35.5. The second-order valence-electron chi connectivity index (χ2n) is 5.17. The zero-order chi connectivity index (χ0) is 13.6. The molecule has 1 heterocycles. The summed E-state index contributed by atoms with van der Waals surface area (Å²) in [7, 11) is 0. The second-order valence-corrected chi connectivity index (χ2v) is 5.89. The first-order valence-corrected chi connectivity index (χ1v) is 7.12. The highest BCUT2D eigenvalue weighted by Crippen LogP contribution is 2.47. The lowest BCUT2D eigenvalue weighted by atomic mass is 10.0. The molecule has 2 atom stereocenters. The maximum Gasteiger partial charge on any atom is 0.142 e. The van der Waals surface area contributed by atoms with Gasteiger partial charge in [0.25, 0.3) is 0 Å². The Bertz CT molecular complexity index is 617. The predicted octanol–water partition coefficient (Wildman–Crippen LogP) is 4.88. The van der Waals surface area contributed by atoms with Crippen LogP contribution in [0.5, 0.6) is 0 Å². The van der Waals surface area contributed by atoms with Crippen LogP contribution in [0.4, 0.5) is 0 Å². The Kier molecular flexibility index (Phi) is 3.23. The van der Waals surface area contributed by atoms with Crippen molar-refractivity contribution in [1.29, 1.82) is 0 Å². The van der Waals surface area contributed by atoms with Gasteiger partial charge in [-0.3, -0.25) is 0 Å². The molecule has 1 aromatic heterocycles. The Morgan fingerprint density at radius 1 is 1.11 bits per heavy atom. The molecule has 1 saturated carbocycles. The monoisotopic (exact) mass is 292 g/mol. The molecule has 3 rings (SSSR count). The zero-order valence-corrected chi connectivity index (χ0v) is 12.3. The lowest BCUT2D eigenvalue weighted by Gasteiger charge is -2.10. The number of aryl methyl sites for hydroxylation is 1. The second kappa shape index (κ2) is 4.77. The number of hydrogen-bond donors (Lipinski definition) is 0. The molecular weight excluding hydrogens is 279 g/mol. The van der Waals surface area contributed by atoms with Crippen molar-refractivity contribution in [3.8, 4) is 11.1 Å². The number of nitrogens with zero attached hydrogens (tertiary/aromatic N) is 2. The first kappa shape index (κ1) is 12.9.